The Bertz CT molecular complexity index is 482. The summed E-state index contributed by atoms with van der Waals surface area (Å²) in [6.45, 7) is 0.801. The van der Waals surface area contributed by atoms with E-state index in [0.717, 1.165) is 18.7 Å². The Morgan fingerprint density at radius 2 is 1.94 bits per heavy atom. The van der Waals surface area contributed by atoms with E-state index in [2.05, 4.69) is 10.3 Å². The zero-order valence-electron chi connectivity index (χ0n) is 9.43. The molecule has 0 aliphatic heterocycles. The molecule has 88 valence electrons. The average Bonchev–Trinajstić information content (AvgIpc) is 2.32. The van der Waals surface area contributed by atoms with Gasteiger partial charge < -0.3 is 16.2 Å². The first-order valence-corrected chi connectivity index (χ1v) is 5.46. The monoisotopic (exact) mass is 229 g/mol. The number of nitrogens with one attached hydrogen (secondary N) is 1. The third kappa shape index (κ3) is 3.38. The minimum absolute atomic E-state index is 0.293. The van der Waals surface area contributed by atoms with Crippen LogP contribution in [0.5, 0.6) is 5.75 Å². The molecular weight excluding hydrogens is 214 g/mol. The number of hydrogen-bond donors (Lipinski definition) is 3. The molecule has 4 heteroatoms. The van der Waals surface area contributed by atoms with Gasteiger partial charge in [-0.2, -0.15) is 0 Å². The SMILES string of the molecule is Nc1cncc(NCCc2ccc(O)cc2)c1. The van der Waals surface area contributed by atoms with Crippen molar-refractivity contribution in [3.63, 3.8) is 0 Å². The summed E-state index contributed by atoms with van der Waals surface area (Å²) in [7, 11) is 0. The van der Waals surface area contributed by atoms with Crippen LogP contribution in [0.3, 0.4) is 0 Å². The van der Waals surface area contributed by atoms with Crippen molar-refractivity contribution in [2.24, 2.45) is 0 Å². The van der Waals surface area contributed by atoms with E-state index < -0.39 is 0 Å². The van der Waals surface area contributed by atoms with E-state index in [1.165, 1.54) is 5.56 Å². The molecule has 4 nitrogen and oxygen atoms in total. The van der Waals surface area contributed by atoms with Crippen molar-refractivity contribution in [2.45, 2.75) is 6.42 Å². The lowest BCUT2D eigenvalue weighted by Gasteiger charge is -2.06. The summed E-state index contributed by atoms with van der Waals surface area (Å²) >= 11 is 0. The van der Waals surface area contributed by atoms with E-state index in [-0.39, 0.29) is 0 Å². The second kappa shape index (κ2) is 5.21. The lowest BCUT2D eigenvalue weighted by Crippen LogP contribution is -2.05. The van der Waals surface area contributed by atoms with Crippen molar-refractivity contribution < 1.29 is 5.11 Å². The molecule has 0 amide bonds. The fourth-order valence-corrected chi connectivity index (χ4v) is 1.57. The fraction of sp³-hybridized carbons (Fsp3) is 0.154. The van der Waals surface area contributed by atoms with Crippen molar-refractivity contribution in [2.75, 3.05) is 17.6 Å². The van der Waals surface area contributed by atoms with E-state index in [4.69, 9.17) is 10.8 Å². The molecule has 0 atom stereocenters. The molecule has 2 rings (SSSR count). The highest BCUT2D eigenvalue weighted by Gasteiger charge is 1.95. The topological polar surface area (TPSA) is 71.2 Å². The third-order valence-electron chi connectivity index (χ3n) is 2.44. The minimum atomic E-state index is 0.293. The second-order valence-corrected chi connectivity index (χ2v) is 3.85. The first kappa shape index (κ1) is 11.3. The standard InChI is InChI=1S/C13H15N3O/c14-11-7-12(9-15-8-11)16-6-5-10-1-3-13(17)4-2-10/h1-4,7-9,16-17H,5-6,14H2. The lowest BCUT2D eigenvalue weighted by atomic mass is 10.1. The molecule has 2 aromatic rings. The molecule has 0 fully saturated rings. The molecule has 1 aromatic carbocycles. The second-order valence-electron chi connectivity index (χ2n) is 3.85. The van der Waals surface area contributed by atoms with Gasteiger partial charge >= 0.3 is 0 Å². The van der Waals surface area contributed by atoms with Crippen LogP contribution < -0.4 is 11.1 Å². The minimum Gasteiger partial charge on any atom is -0.508 e. The van der Waals surface area contributed by atoms with Gasteiger partial charge in [-0.25, -0.2) is 0 Å². The van der Waals surface area contributed by atoms with Gasteiger partial charge in [0, 0.05) is 12.7 Å². The molecule has 17 heavy (non-hydrogen) atoms. The van der Waals surface area contributed by atoms with Crippen molar-refractivity contribution in [3.8, 4) is 5.75 Å². The number of hydrogen-bond acceptors (Lipinski definition) is 4. The quantitative estimate of drug-likeness (QED) is 0.750. The third-order valence-corrected chi connectivity index (χ3v) is 2.44. The van der Waals surface area contributed by atoms with E-state index in [9.17, 15) is 0 Å². The maximum atomic E-state index is 9.15. The Hall–Kier alpha value is -2.23. The molecule has 0 saturated carbocycles. The summed E-state index contributed by atoms with van der Waals surface area (Å²) in [6.07, 6.45) is 4.24. The van der Waals surface area contributed by atoms with Crippen LogP contribution in [0.4, 0.5) is 11.4 Å². The van der Waals surface area contributed by atoms with Crippen LogP contribution in [-0.4, -0.2) is 16.6 Å². The number of rotatable bonds is 4. The zero-order chi connectivity index (χ0) is 12.1. The van der Waals surface area contributed by atoms with Crippen molar-refractivity contribution >= 4 is 11.4 Å². The van der Waals surface area contributed by atoms with Gasteiger partial charge in [-0.3, -0.25) is 4.98 Å². The van der Waals surface area contributed by atoms with Gasteiger partial charge in [-0.1, -0.05) is 12.1 Å². The van der Waals surface area contributed by atoms with Crippen LogP contribution in [0.2, 0.25) is 0 Å². The Balaban J connectivity index is 1.85. The fourth-order valence-electron chi connectivity index (χ4n) is 1.57. The van der Waals surface area contributed by atoms with E-state index in [1.54, 1.807) is 24.5 Å². The number of nitrogen functional groups attached to an aromatic ring is 1. The summed E-state index contributed by atoms with van der Waals surface area (Å²) in [5, 5.41) is 12.4. The number of aromatic nitrogens is 1. The average molecular weight is 229 g/mol. The maximum absolute atomic E-state index is 9.15. The predicted molar refractivity (Wildman–Crippen MR) is 68.9 cm³/mol. The van der Waals surface area contributed by atoms with Gasteiger partial charge in [0.1, 0.15) is 5.75 Å². The summed E-state index contributed by atoms with van der Waals surface area (Å²) < 4.78 is 0. The molecule has 4 N–H and O–H groups in total. The molecule has 0 aliphatic rings. The normalized spacial score (nSPS) is 10.1. The number of anilines is 2. The number of nitrogens with two attached hydrogens (primary N) is 1. The number of benzene rings is 1. The number of aromatic hydroxyl groups is 1. The van der Waals surface area contributed by atoms with Crippen molar-refractivity contribution in [1.29, 1.82) is 0 Å². The van der Waals surface area contributed by atoms with Crippen molar-refractivity contribution in [1.82, 2.24) is 4.98 Å². The van der Waals surface area contributed by atoms with Crippen LogP contribution in [0.25, 0.3) is 0 Å². The highest BCUT2D eigenvalue weighted by atomic mass is 16.3. The molecule has 0 saturated heterocycles. The van der Waals surface area contributed by atoms with Gasteiger partial charge in [0.05, 0.1) is 17.6 Å². The summed E-state index contributed by atoms with van der Waals surface area (Å²) in [6, 6.07) is 9.06. The highest BCUT2D eigenvalue weighted by Crippen LogP contribution is 2.12. The molecule has 0 spiro atoms. The van der Waals surface area contributed by atoms with Crippen LogP contribution in [-0.2, 0) is 6.42 Å². The number of phenolic OH excluding ortho intramolecular Hbond substituents is 1. The maximum Gasteiger partial charge on any atom is 0.115 e. The first-order valence-electron chi connectivity index (χ1n) is 5.46. The summed E-state index contributed by atoms with van der Waals surface area (Å²) in [4.78, 5) is 4.00. The van der Waals surface area contributed by atoms with Crippen LogP contribution in [0.15, 0.2) is 42.7 Å². The van der Waals surface area contributed by atoms with Crippen LogP contribution >= 0.6 is 0 Å². The number of pyridine rings is 1. The smallest absolute Gasteiger partial charge is 0.115 e. The Kier molecular flexibility index (Phi) is 3.45. The van der Waals surface area contributed by atoms with Gasteiger partial charge in [0.25, 0.3) is 0 Å². The molecule has 1 heterocycles. The summed E-state index contributed by atoms with van der Waals surface area (Å²) in [5.74, 6) is 0.293. The van der Waals surface area contributed by atoms with E-state index in [0.29, 0.717) is 11.4 Å². The molecule has 0 unspecified atom stereocenters. The molecule has 0 bridgehead atoms. The molecule has 0 aliphatic carbocycles. The molecular formula is C13H15N3O. The largest absolute Gasteiger partial charge is 0.508 e. The van der Waals surface area contributed by atoms with Crippen LogP contribution in [0, 0.1) is 0 Å². The van der Waals surface area contributed by atoms with Gasteiger partial charge in [0.15, 0.2) is 0 Å². The van der Waals surface area contributed by atoms with Gasteiger partial charge in [-0.05, 0) is 30.2 Å². The van der Waals surface area contributed by atoms with Gasteiger partial charge in [0.2, 0.25) is 0 Å². The number of phenols is 1. The zero-order valence-corrected chi connectivity index (χ0v) is 9.43. The number of nitrogens with zero attached hydrogens (tertiary/aromatic N) is 1. The Morgan fingerprint density at radius 3 is 2.65 bits per heavy atom. The molecule has 0 radical (unpaired) electrons. The Labute approximate surface area is 100 Å². The van der Waals surface area contributed by atoms with Crippen LogP contribution in [0.1, 0.15) is 5.56 Å². The predicted octanol–water partition coefficient (Wildman–Crippen LogP) is 2.02. The lowest BCUT2D eigenvalue weighted by molar-refractivity contribution is 0.475. The van der Waals surface area contributed by atoms with E-state index in [1.807, 2.05) is 18.2 Å². The summed E-state index contributed by atoms with van der Waals surface area (Å²) in [5.41, 5.74) is 8.37. The van der Waals surface area contributed by atoms with E-state index >= 15 is 0 Å². The van der Waals surface area contributed by atoms with Gasteiger partial charge in [-0.15, -0.1) is 0 Å². The first-order chi connectivity index (χ1) is 8.24. The Morgan fingerprint density at radius 1 is 1.18 bits per heavy atom. The highest BCUT2D eigenvalue weighted by molar-refractivity contribution is 5.51. The van der Waals surface area contributed by atoms with Crippen molar-refractivity contribution in [3.05, 3.63) is 48.3 Å². The molecule has 1 aromatic heterocycles.